The molecule has 0 saturated heterocycles. The summed E-state index contributed by atoms with van der Waals surface area (Å²) in [4.78, 5) is 0. The highest BCUT2D eigenvalue weighted by Crippen LogP contribution is 2.45. The number of fused-ring (bicyclic) bond motifs is 3. The van der Waals surface area contributed by atoms with Gasteiger partial charge in [-0.3, -0.25) is 0 Å². The monoisotopic (exact) mass is 342 g/mol. The van der Waals surface area contributed by atoms with Gasteiger partial charge in [0.2, 0.25) is 0 Å². The van der Waals surface area contributed by atoms with Gasteiger partial charge in [-0.1, -0.05) is 12.1 Å². The molecular formula is C20H22O5. The van der Waals surface area contributed by atoms with Crippen LogP contribution in [0.3, 0.4) is 0 Å². The summed E-state index contributed by atoms with van der Waals surface area (Å²) in [6.07, 6.45) is 1.30. The molecule has 4 rings (SSSR count). The van der Waals surface area contributed by atoms with Crippen LogP contribution < -0.4 is 9.47 Å². The Morgan fingerprint density at radius 1 is 1.08 bits per heavy atom. The third kappa shape index (κ3) is 2.68. The number of ether oxygens (including phenoxy) is 2. The Kier molecular flexibility index (Phi) is 3.58. The van der Waals surface area contributed by atoms with E-state index in [0.29, 0.717) is 6.42 Å². The average Bonchev–Trinajstić information content (AvgIpc) is 2.58. The van der Waals surface area contributed by atoms with Crippen molar-refractivity contribution >= 4 is 0 Å². The van der Waals surface area contributed by atoms with Crippen LogP contribution in [0.4, 0.5) is 0 Å². The van der Waals surface area contributed by atoms with E-state index in [9.17, 15) is 15.3 Å². The van der Waals surface area contributed by atoms with Crippen LogP contribution in [0, 0.1) is 0 Å². The zero-order valence-electron chi connectivity index (χ0n) is 14.3. The third-order valence-electron chi connectivity index (χ3n) is 5.18. The molecule has 0 saturated carbocycles. The number of aliphatic hydroxyl groups is 1. The molecule has 132 valence electrons. The van der Waals surface area contributed by atoms with Gasteiger partial charge < -0.3 is 24.8 Å². The quantitative estimate of drug-likeness (QED) is 0.694. The molecule has 0 aromatic heterocycles. The Hall–Kier alpha value is -2.40. The smallest absolute Gasteiger partial charge is 0.157 e. The number of aryl methyl sites for hydroxylation is 1. The van der Waals surface area contributed by atoms with Gasteiger partial charge in [-0.25, -0.2) is 0 Å². The third-order valence-corrected chi connectivity index (χ3v) is 5.18. The maximum Gasteiger partial charge on any atom is 0.157 e. The zero-order chi connectivity index (χ0) is 17.8. The molecule has 2 unspecified atom stereocenters. The van der Waals surface area contributed by atoms with Crippen molar-refractivity contribution in [2.24, 2.45) is 0 Å². The van der Waals surface area contributed by atoms with Gasteiger partial charge in [0.25, 0.3) is 0 Å². The lowest BCUT2D eigenvalue weighted by Crippen LogP contribution is -2.46. The predicted molar refractivity (Wildman–Crippen MR) is 92.3 cm³/mol. The highest BCUT2D eigenvalue weighted by atomic mass is 16.5. The van der Waals surface area contributed by atoms with Gasteiger partial charge >= 0.3 is 0 Å². The number of rotatable bonds is 1. The molecule has 5 nitrogen and oxygen atoms in total. The van der Waals surface area contributed by atoms with Gasteiger partial charge in [0.05, 0.1) is 6.10 Å². The molecule has 0 spiro atoms. The van der Waals surface area contributed by atoms with Crippen LogP contribution in [0.1, 0.15) is 43.1 Å². The first-order chi connectivity index (χ1) is 11.8. The summed E-state index contributed by atoms with van der Waals surface area (Å²) in [5.74, 6) is 1.23. The van der Waals surface area contributed by atoms with Crippen molar-refractivity contribution in [3.8, 4) is 23.0 Å². The topological polar surface area (TPSA) is 79.2 Å². The molecule has 2 atom stereocenters. The Balaban J connectivity index is 1.70. The molecule has 0 bridgehead atoms. The predicted octanol–water partition coefficient (Wildman–Crippen LogP) is 3.24. The van der Waals surface area contributed by atoms with E-state index in [2.05, 4.69) is 0 Å². The van der Waals surface area contributed by atoms with E-state index in [4.69, 9.17) is 9.47 Å². The molecule has 0 amide bonds. The molecular weight excluding hydrogens is 320 g/mol. The molecule has 5 heteroatoms. The van der Waals surface area contributed by atoms with Crippen molar-refractivity contribution < 1.29 is 24.8 Å². The Bertz CT molecular complexity index is 827. The zero-order valence-corrected chi connectivity index (χ0v) is 14.3. The number of phenols is 2. The van der Waals surface area contributed by atoms with Crippen LogP contribution in [0.15, 0.2) is 30.3 Å². The largest absolute Gasteiger partial charge is 0.504 e. The van der Waals surface area contributed by atoms with Crippen molar-refractivity contribution in [3.63, 3.8) is 0 Å². The van der Waals surface area contributed by atoms with Gasteiger partial charge in [0, 0.05) is 12.0 Å². The summed E-state index contributed by atoms with van der Waals surface area (Å²) < 4.78 is 12.2. The van der Waals surface area contributed by atoms with Crippen molar-refractivity contribution in [1.82, 2.24) is 0 Å². The Morgan fingerprint density at radius 2 is 1.88 bits per heavy atom. The van der Waals surface area contributed by atoms with E-state index in [1.54, 1.807) is 6.07 Å². The summed E-state index contributed by atoms with van der Waals surface area (Å²) in [7, 11) is 0. The molecule has 2 aromatic rings. The lowest BCUT2D eigenvalue weighted by molar-refractivity contribution is -0.0423. The van der Waals surface area contributed by atoms with E-state index in [0.717, 1.165) is 41.0 Å². The number of phenolic OH excluding ortho intramolecular Hbond substituents is 2. The number of aliphatic hydroxyl groups excluding tert-OH is 1. The lowest BCUT2D eigenvalue weighted by Gasteiger charge is -2.39. The Labute approximate surface area is 146 Å². The first-order valence-corrected chi connectivity index (χ1v) is 8.55. The number of hydrogen-bond acceptors (Lipinski definition) is 5. The fourth-order valence-corrected chi connectivity index (χ4v) is 3.54. The fourth-order valence-electron chi connectivity index (χ4n) is 3.54. The molecule has 3 N–H and O–H groups in total. The first-order valence-electron chi connectivity index (χ1n) is 8.55. The maximum absolute atomic E-state index is 10.4. The number of hydrogen-bond donors (Lipinski definition) is 3. The molecule has 0 aliphatic carbocycles. The lowest BCUT2D eigenvalue weighted by atomic mass is 9.87. The SMILES string of the molecule is CC1(C)Oc2ccc3c(c2CC1O)OC(c1ccc(O)c(O)c1)CC3. The van der Waals surface area contributed by atoms with Crippen molar-refractivity contribution in [3.05, 3.63) is 47.0 Å². The van der Waals surface area contributed by atoms with E-state index in [1.165, 1.54) is 12.1 Å². The second kappa shape index (κ2) is 5.56. The van der Waals surface area contributed by atoms with Gasteiger partial charge in [0.1, 0.15) is 23.2 Å². The van der Waals surface area contributed by atoms with Gasteiger partial charge in [0.15, 0.2) is 11.5 Å². The summed E-state index contributed by atoms with van der Waals surface area (Å²) in [6.45, 7) is 3.76. The molecule has 2 aliphatic rings. The molecule has 2 aromatic carbocycles. The fraction of sp³-hybridized carbons (Fsp3) is 0.400. The summed E-state index contributed by atoms with van der Waals surface area (Å²) in [6, 6.07) is 8.74. The molecule has 0 fully saturated rings. The molecule has 0 radical (unpaired) electrons. The highest BCUT2D eigenvalue weighted by Gasteiger charge is 2.38. The summed E-state index contributed by atoms with van der Waals surface area (Å²) in [5.41, 5.74) is 2.19. The average molecular weight is 342 g/mol. The standard InChI is InChI=1S/C20H22O5/c1-20(2)18(23)10-13-17(25-20)8-5-11-4-7-16(24-19(11)13)12-3-6-14(21)15(22)9-12/h3,5-6,8-9,16,18,21-23H,4,7,10H2,1-2H3. The second-order valence-corrected chi connectivity index (χ2v) is 7.35. The van der Waals surface area contributed by atoms with Gasteiger partial charge in [-0.2, -0.15) is 0 Å². The second-order valence-electron chi connectivity index (χ2n) is 7.35. The van der Waals surface area contributed by atoms with Crippen molar-refractivity contribution in [1.29, 1.82) is 0 Å². The van der Waals surface area contributed by atoms with Crippen LogP contribution in [-0.4, -0.2) is 27.0 Å². The minimum Gasteiger partial charge on any atom is -0.504 e. The van der Waals surface area contributed by atoms with Crippen LogP contribution in [-0.2, 0) is 12.8 Å². The van der Waals surface area contributed by atoms with E-state index < -0.39 is 11.7 Å². The van der Waals surface area contributed by atoms with Crippen LogP contribution in [0.2, 0.25) is 0 Å². The van der Waals surface area contributed by atoms with Crippen LogP contribution in [0.5, 0.6) is 23.0 Å². The first kappa shape index (κ1) is 16.1. The summed E-state index contributed by atoms with van der Waals surface area (Å²) in [5, 5.41) is 29.6. The molecule has 2 aliphatic heterocycles. The summed E-state index contributed by atoms with van der Waals surface area (Å²) >= 11 is 0. The maximum atomic E-state index is 10.4. The van der Waals surface area contributed by atoms with Crippen molar-refractivity contribution in [2.75, 3.05) is 0 Å². The highest BCUT2D eigenvalue weighted by molar-refractivity contribution is 5.53. The normalized spacial score (nSPS) is 23.8. The van der Waals surface area contributed by atoms with Crippen LogP contribution in [0.25, 0.3) is 0 Å². The minimum absolute atomic E-state index is 0.143. The number of aromatic hydroxyl groups is 2. The van der Waals surface area contributed by atoms with E-state index >= 15 is 0 Å². The minimum atomic E-state index is -0.627. The Morgan fingerprint density at radius 3 is 2.64 bits per heavy atom. The number of benzene rings is 2. The van der Waals surface area contributed by atoms with Crippen LogP contribution >= 0.6 is 0 Å². The van der Waals surface area contributed by atoms with E-state index in [1.807, 2.05) is 26.0 Å². The molecule has 25 heavy (non-hydrogen) atoms. The van der Waals surface area contributed by atoms with Gasteiger partial charge in [-0.05, 0) is 56.0 Å². The van der Waals surface area contributed by atoms with Crippen molar-refractivity contribution in [2.45, 2.75) is 50.9 Å². The molecule has 2 heterocycles. The van der Waals surface area contributed by atoms with E-state index in [-0.39, 0.29) is 17.6 Å². The van der Waals surface area contributed by atoms with Gasteiger partial charge in [-0.15, -0.1) is 0 Å².